The number of nitrogens with zero attached hydrogens (tertiary/aromatic N) is 2. The molecule has 1 N–H and O–H groups in total. The highest BCUT2D eigenvalue weighted by Crippen LogP contribution is 2.50. The Morgan fingerprint density at radius 1 is 1.07 bits per heavy atom. The van der Waals surface area contributed by atoms with Gasteiger partial charge in [0.15, 0.2) is 0 Å². The van der Waals surface area contributed by atoms with Crippen molar-refractivity contribution in [2.45, 2.75) is 37.2 Å². The molecule has 4 aromatic rings. The SMILES string of the molecule is O=C1OC2(CCC(c3cc(-c4ncc[nH]4)cc4ccccc34)CC2)c2cnccc21. The van der Waals surface area contributed by atoms with Gasteiger partial charge >= 0.3 is 5.97 Å². The average molecular weight is 395 g/mol. The number of esters is 1. The van der Waals surface area contributed by atoms with Gasteiger partial charge in [-0.2, -0.15) is 0 Å². The number of ether oxygens (including phenoxy) is 1. The summed E-state index contributed by atoms with van der Waals surface area (Å²) in [6.45, 7) is 0. The highest BCUT2D eigenvalue weighted by atomic mass is 16.6. The first-order chi connectivity index (χ1) is 14.7. The molecule has 6 rings (SSSR count). The predicted molar refractivity (Wildman–Crippen MR) is 114 cm³/mol. The first-order valence-electron chi connectivity index (χ1n) is 10.4. The fraction of sp³-hybridized carbons (Fsp3) is 0.240. The number of rotatable bonds is 2. The van der Waals surface area contributed by atoms with Crippen LogP contribution in [0.15, 0.2) is 67.3 Å². The van der Waals surface area contributed by atoms with Crippen LogP contribution in [0.2, 0.25) is 0 Å². The van der Waals surface area contributed by atoms with Crippen LogP contribution in [-0.2, 0) is 10.3 Å². The molecule has 1 aliphatic carbocycles. The first kappa shape index (κ1) is 17.4. The number of pyridine rings is 1. The molecule has 5 nitrogen and oxygen atoms in total. The van der Waals surface area contributed by atoms with Gasteiger partial charge in [0.2, 0.25) is 0 Å². The van der Waals surface area contributed by atoms with Crippen molar-refractivity contribution in [3.63, 3.8) is 0 Å². The number of H-pyrrole nitrogens is 1. The van der Waals surface area contributed by atoms with Crippen molar-refractivity contribution in [3.8, 4) is 11.4 Å². The Labute approximate surface area is 174 Å². The van der Waals surface area contributed by atoms with Gasteiger partial charge in [0.25, 0.3) is 0 Å². The van der Waals surface area contributed by atoms with E-state index < -0.39 is 5.60 Å². The summed E-state index contributed by atoms with van der Waals surface area (Å²) in [4.78, 5) is 24.3. The van der Waals surface area contributed by atoms with Crippen LogP contribution in [0.4, 0.5) is 0 Å². The molecule has 1 spiro atoms. The number of nitrogens with one attached hydrogen (secondary N) is 1. The van der Waals surface area contributed by atoms with E-state index in [9.17, 15) is 4.79 Å². The number of carbonyl (C=O) groups is 1. The standard InChI is InChI=1S/C25H21N3O2/c29-24-20-7-10-26-15-22(20)25(30-24)8-5-16(6-9-25)21-14-18(23-27-11-12-28-23)13-17-3-1-2-4-19(17)21/h1-4,7,10-16H,5-6,8-9H2,(H,27,28). The maximum absolute atomic E-state index is 12.4. The van der Waals surface area contributed by atoms with Gasteiger partial charge in [-0.15, -0.1) is 0 Å². The fourth-order valence-electron chi connectivity index (χ4n) is 5.23. The second kappa shape index (κ2) is 6.52. The summed E-state index contributed by atoms with van der Waals surface area (Å²) in [6, 6.07) is 14.8. The van der Waals surface area contributed by atoms with Gasteiger partial charge in [-0.25, -0.2) is 9.78 Å². The van der Waals surface area contributed by atoms with Crippen molar-refractivity contribution in [2.75, 3.05) is 0 Å². The summed E-state index contributed by atoms with van der Waals surface area (Å²) >= 11 is 0. The van der Waals surface area contributed by atoms with E-state index in [0.29, 0.717) is 11.5 Å². The number of aromatic nitrogens is 3. The molecule has 3 heterocycles. The lowest BCUT2D eigenvalue weighted by atomic mass is 9.72. The van der Waals surface area contributed by atoms with Crippen molar-refractivity contribution in [1.82, 2.24) is 15.0 Å². The molecule has 1 fully saturated rings. The van der Waals surface area contributed by atoms with Gasteiger partial charge in [-0.05, 0) is 66.1 Å². The molecule has 0 atom stereocenters. The number of benzene rings is 2. The Bertz CT molecular complexity index is 1250. The lowest BCUT2D eigenvalue weighted by molar-refractivity contribution is -0.0309. The number of aromatic amines is 1. The van der Waals surface area contributed by atoms with Crippen LogP contribution < -0.4 is 0 Å². The van der Waals surface area contributed by atoms with Crippen molar-refractivity contribution < 1.29 is 9.53 Å². The summed E-state index contributed by atoms with van der Waals surface area (Å²) in [7, 11) is 0. The van der Waals surface area contributed by atoms with E-state index in [2.05, 4.69) is 51.4 Å². The number of carbonyl (C=O) groups excluding carboxylic acids is 1. The molecule has 148 valence electrons. The molecular formula is C25H21N3O2. The Morgan fingerprint density at radius 2 is 1.93 bits per heavy atom. The van der Waals surface area contributed by atoms with Crippen LogP contribution in [0.3, 0.4) is 0 Å². The zero-order chi connectivity index (χ0) is 20.1. The molecule has 2 aliphatic rings. The first-order valence-corrected chi connectivity index (χ1v) is 10.4. The lowest BCUT2D eigenvalue weighted by Gasteiger charge is -2.37. The zero-order valence-electron chi connectivity index (χ0n) is 16.5. The Balaban J connectivity index is 1.37. The van der Waals surface area contributed by atoms with Crippen LogP contribution in [0.5, 0.6) is 0 Å². The molecule has 0 bridgehead atoms. The quantitative estimate of drug-likeness (QED) is 0.465. The van der Waals surface area contributed by atoms with E-state index in [1.807, 2.05) is 12.4 Å². The summed E-state index contributed by atoms with van der Waals surface area (Å²) in [6.07, 6.45) is 10.7. The number of fused-ring (bicyclic) bond motifs is 3. The largest absolute Gasteiger partial charge is 0.450 e. The zero-order valence-corrected chi connectivity index (χ0v) is 16.5. The molecule has 0 saturated heterocycles. The van der Waals surface area contributed by atoms with Gasteiger partial charge in [-0.3, -0.25) is 4.98 Å². The van der Waals surface area contributed by atoms with Gasteiger partial charge in [-0.1, -0.05) is 24.3 Å². The molecule has 2 aromatic heterocycles. The van der Waals surface area contributed by atoms with E-state index >= 15 is 0 Å². The van der Waals surface area contributed by atoms with E-state index in [1.54, 1.807) is 18.5 Å². The van der Waals surface area contributed by atoms with Crippen LogP contribution in [0, 0.1) is 0 Å². The normalized spacial score (nSPS) is 22.9. The van der Waals surface area contributed by atoms with Crippen LogP contribution in [0.25, 0.3) is 22.2 Å². The van der Waals surface area contributed by atoms with Gasteiger partial charge < -0.3 is 9.72 Å². The Kier molecular flexibility index (Phi) is 3.78. The third-order valence-electron chi connectivity index (χ3n) is 6.72. The third-order valence-corrected chi connectivity index (χ3v) is 6.72. The second-order valence-electron chi connectivity index (χ2n) is 8.30. The highest BCUT2D eigenvalue weighted by molar-refractivity contribution is 5.94. The van der Waals surface area contributed by atoms with Crippen molar-refractivity contribution >= 4 is 16.7 Å². The lowest BCUT2D eigenvalue weighted by Crippen LogP contribution is -2.31. The predicted octanol–water partition coefficient (Wildman–Crippen LogP) is 5.35. The Hall–Kier alpha value is -3.47. The molecule has 1 aliphatic heterocycles. The van der Waals surface area contributed by atoms with E-state index in [0.717, 1.165) is 42.6 Å². The molecule has 0 radical (unpaired) electrons. The van der Waals surface area contributed by atoms with Gasteiger partial charge in [0, 0.05) is 35.9 Å². The third kappa shape index (κ3) is 2.58. The van der Waals surface area contributed by atoms with Gasteiger partial charge in [0.05, 0.1) is 5.56 Å². The molecule has 5 heteroatoms. The van der Waals surface area contributed by atoms with E-state index in [1.165, 1.54) is 16.3 Å². The summed E-state index contributed by atoms with van der Waals surface area (Å²) in [5, 5.41) is 2.52. The van der Waals surface area contributed by atoms with Crippen LogP contribution >= 0.6 is 0 Å². The molecule has 2 aromatic carbocycles. The van der Waals surface area contributed by atoms with Crippen LogP contribution in [-0.4, -0.2) is 20.9 Å². The minimum absolute atomic E-state index is 0.212. The van der Waals surface area contributed by atoms with Crippen LogP contribution in [0.1, 0.15) is 53.1 Å². The maximum atomic E-state index is 12.4. The summed E-state index contributed by atoms with van der Waals surface area (Å²) in [5.41, 5.74) is 3.59. The molecular weight excluding hydrogens is 374 g/mol. The minimum atomic E-state index is -0.508. The van der Waals surface area contributed by atoms with E-state index in [-0.39, 0.29) is 5.97 Å². The van der Waals surface area contributed by atoms with E-state index in [4.69, 9.17) is 4.74 Å². The maximum Gasteiger partial charge on any atom is 0.339 e. The number of hydrogen-bond donors (Lipinski definition) is 1. The monoisotopic (exact) mass is 395 g/mol. The minimum Gasteiger partial charge on any atom is -0.450 e. The molecule has 0 unspecified atom stereocenters. The molecule has 30 heavy (non-hydrogen) atoms. The molecule has 0 amide bonds. The average Bonchev–Trinajstić information content (AvgIpc) is 3.42. The van der Waals surface area contributed by atoms with Crippen molar-refractivity contribution in [3.05, 3.63) is 83.9 Å². The molecule has 1 saturated carbocycles. The van der Waals surface area contributed by atoms with Gasteiger partial charge in [0.1, 0.15) is 11.4 Å². The topological polar surface area (TPSA) is 67.9 Å². The fourth-order valence-corrected chi connectivity index (χ4v) is 5.23. The highest BCUT2D eigenvalue weighted by Gasteiger charge is 2.48. The van der Waals surface area contributed by atoms with Crippen molar-refractivity contribution in [2.24, 2.45) is 0 Å². The second-order valence-corrected chi connectivity index (χ2v) is 8.30. The van der Waals surface area contributed by atoms with Crippen molar-refractivity contribution in [1.29, 1.82) is 0 Å². The smallest absolute Gasteiger partial charge is 0.339 e. The number of imidazole rings is 1. The summed E-state index contributed by atoms with van der Waals surface area (Å²) < 4.78 is 5.92. The number of hydrogen-bond acceptors (Lipinski definition) is 4. The Morgan fingerprint density at radius 3 is 2.77 bits per heavy atom. The summed E-state index contributed by atoms with van der Waals surface area (Å²) in [5.74, 6) is 1.09.